The summed E-state index contributed by atoms with van der Waals surface area (Å²) in [5.41, 5.74) is 1.92. The van der Waals surface area contributed by atoms with E-state index in [2.05, 4.69) is 11.9 Å². The first kappa shape index (κ1) is 16.4. The Morgan fingerprint density at radius 2 is 2.05 bits per heavy atom. The third kappa shape index (κ3) is 3.81. The van der Waals surface area contributed by atoms with Crippen LogP contribution in [0.3, 0.4) is 0 Å². The molecule has 0 unspecified atom stereocenters. The molecule has 0 saturated heterocycles. The van der Waals surface area contributed by atoms with Crippen LogP contribution in [0, 0.1) is 0 Å². The van der Waals surface area contributed by atoms with E-state index in [0.29, 0.717) is 27.7 Å². The van der Waals surface area contributed by atoms with Gasteiger partial charge in [-0.15, -0.1) is 6.58 Å². The van der Waals surface area contributed by atoms with Crippen LogP contribution in [0.1, 0.15) is 15.9 Å². The van der Waals surface area contributed by atoms with Gasteiger partial charge in [0.15, 0.2) is 0 Å². The van der Waals surface area contributed by atoms with E-state index in [0.717, 1.165) is 11.3 Å². The van der Waals surface area contributed by atoms with Crippen molar-refractivity contribution >= 4 is 34.8 Å². The lowest BCUT2D eigenvalue weighted by molar-refractivity contribution is 0.102. The SMILES string of the molecule is C=CCc1cc(C(=O)Nc2ccc(Cl)cc2Cl)ccc1OC. The van der Waals surface area contributed by atoms with E-state index in [1.807, 2.05) is 0 Å². The van der Waals surface area contributed by atoms with Gasteiger partial charge in [-0.1, -0.05) is 29.3 Å². The zero-order valence-electron chi connectivity index (χ0n) is 12.0. The minimum absolute atomic E-state index is 0.253. The lowest BCUT2D eigenvalue weighted by Gasteiger charge is -2.11. The number of carbonyl (C=O) groups is 1. The van der Waals surface area contributed by atoms with Gasteiger partial charge in [-0.2, -0.15) is 0 Å². The zero-order valence-corrected chi connectivity index (χ0v) is 13.5. The number of hydrogen-bond acceptors (Lipinski definition) is 2. The van der Waals surface area contributed by atoms with E-state index in [1.165, 1.54) is 0 Å². The highest BCUT2D eigenvalue weighted by atomic mass is 35.5. The molecule has 0 aliphatic heterocycles. The zero-order chi connectivity index (χ0) is 16.1. The molecule has 0 heterocycles. The van der Waals surface area contributed by atoms with Crippen molar-refractivity contribution in [3.05, 3.63) is 70.2 Å². The van der Waals surface area contributed by atoms with Crippen molar-refractivity contribution in [2.75, 3.05) is 12.4 Å². The molecule has 0 aliphatic rings. The predicted octanol–water partition coefficient (Wildman–Crippen LogP) is 4.98. The Bertz CT molecular complexity index is 714. The van der Waals surface area contributed by atoms with Crippen molar-refractivity contribution in [2.45, 2.75) is 6.42 Å². The second kappa shape index (κ2) is 7.34. The second-order valence-corrected chi connectivity index (χ2v) is 5.44. The van der Waals surface area contributed by atoms with Crippen LogP contribution >= 0.6 is 23.2 Å². The molecule has 0 bridgehead atoms. The van der Waals surface area contributed by atoms with Gasteiger partial charge in [-0.3, -0.25) is 4.79 Å². The maximum absolute atomic E-state index is 12.3. The highest BCUT2D eigenvalue weighted by molar-refractivity contribution is 6.36. The third-order valence-electron chi connectivity index (χ3n) is 3.09. The van der Waals surface area contributed by atoms with E-state index in [9.17, 15) is 4.79 Å². The number of anilines is 1. The van der Waals surface area contributed by atoms with Crippen molar-refractivity contribution in [3.63, 3.8) is 0 Å². The quantitative estimate of drug-likeness (QED) is 0.782. The number of halogens is 2. The van der Waals surface area contributed by atoms with E-state index in [4.69, 9.17) is 27.9 Å². The molecule has 0 atom stereocenters. The van der Waals surface area contributed by atoms with Gasteiger partial charge in [0.05, 0.1) is 17.8 Å². The van der Waals surface area contributed by atoms with Crippen LogP contribution < -0.4 is 10.1 Å². The fraction of sp³-hybridized carbons (Fsp3) is 0.118. The lowest BCUT2D eigenvalue weighted by atomic mass is 10.1. The molecule has 22 heavy (non-hydrogen) atoms. The summed E-state index contributed by atoms with van der Waals surface area (Å²) in [5.74, 6) is 0.471. The fourth-order valence-corrected chi connectivity index (χ4v) is 2.48. The van der Waals surface area contributed by atoms with Gasteiger partial charge < -0.3 is 10.1 Å². The van der Waals surface area contributed by atoms with E-state index in [1.54, 1.807) is 49.6 Å². The van der Waals surface area contributed by atoms with Gasteiger partial charge in [-0.05, 0) is 48.4 Å². The van der Waals surface area contributed by atoms with E-state index in [-0.39, 0.29) is 5.91 Å². The Morgan fingerprint density at radius 1 is 1.27 bits per heavy atom. The Hall–Kier alpha value is -1.97. The van der Waals surface area contributed by atoms with Crippen molar-refractivity contribution in [1.29, 1.82) is 0 Å². The van der Waals surface area contributed by atoms with Crippen molar-refractivity contribution in [3.8, 4) is 5.75 Å². The average Bonchev–Trinajstić information content (AvgIpc) is 2.50. The summed E-state index contributed by atoms with van der Waals surface area (Å²) in [6, 6.07) is 10.1. The topological polar surface area (TPSA) is 38.3 Å². The van der Waals surface area contributed by atoms with Gasteiger partial charge in [0, 0.05) is 10.6 Å². The molecule has 2 aromatic rings. The van der Waals surface area contributed by atoms with Gasteiger partial charge in [0.2, 0.25) is 0 Å². The number of hydrogen-bond donors (Lipinski definition) is 1. The highest BCUT2D eigenvalue weighted by Gasteiger charge is 2.11. The first-order valence-electron chi connectivity index (χ1n) is 6.59. The number of carbonyl (C=O) groups excluding carboxylic acids is 1. The molecule has 2 rings (SSSR count). The van der Waals surface area contributed by atoms with E-state index >= 15 is 0 Å². The van der Waals surface area contributed by atoms with E-state index < -0.39 is 0 Å². The summed E-state index contributed by atoms with van der Waals surface area (Å²) in [4.78, 5) is 12.3. The smallest absolute Gasteiger partial charge is 0.255 e. The first-order chi connectivity index (χ1) is 10.5. The molecule has 1 amide bonds. The number of benzene rings is 2. The number of ether oxygens (including phenoxy) is 1. The largest absolute Gasteiger partial charge is 0.496 e. The van der Waals surface area contributed by atoms with Crippen LogP contribution in [0.4, 0.5) is 5.69 Å². The summed E-state index contributed by atoms with van der Waals surface area (Å²) in [6.07, 6.45) is 2.38. The summed E-state index contributed by atoms with van der Waals surface area (Å²) in [5, 5.41) is 3.67. The lowest BCUT2D eigenvalue weighted by Crippen LogP contribution is -2.12. The number of nitrogens with one attached hydrogen (secondary N) is 1. The monoisotopic (exact) mass is 335 g/mol. The molecule has 0 spiro atoms. The van der Waals surface area contributed by atoms with Crippen LogP contribution in [0.2, 0.25) is 10.0 Å². The van der Waals surface area contributed by atoms with Crippen LogP contribution in [0.15, 0.2) is 49.1 Å². The molecule has 0 radical (unpaired) electrons. The Kier molecular flexibility index (Phi) is 5.47. The summed E-state index contributed by atoms with van der Waals surface area (Å²) in [6.45, 7) is 3.71. The van der Waals surface area contributed by atoms with Gasteiger partial charge in [0.1, 0.15) is 5.75 Å². The van der Waals surface area contributed by atoms with Crippen LogP contribution in [-0.2, 0) is 6.42 Å². The molecule has 1 N–H and O–H groups in total. The third-order valence-corrected chi connectivity index (χ3v) is 3.63. The van der Waals surface area contributed by atoms with Crippen molar-refractivity contribution < 1.29 is 9.53 Å². The maximum atomic E-state index is 12.3. The van der Waals surface area contributed by atoms with Gasteiger partial charge in [0.25, 0.3) is 5.91 Å². The average molecular weight is 336 g/mol. The van der Waals surface area contributed by atoms with Crippen molar-refractivity contribution in [1.82, 2.24) is 0 Å². The molecule has 0 aliphatic carbocycles. The molecular formula is C17H15Cl2NO2. The Labute approximate surface area is 139 Å². The number of rotatable bonds is 5. The Balaban J connectivity index is 2.25. The minimum Gasteiger partial charge on any atom is -0.496 e. The summed E-state index contributed by atoms with van der Waals surface area (Å²) < 4.78 is 5.27. The van der Waals surface area contributed by atoms with Crippen LogP contribution in [0.5, 0.6) is 5.75 Å². The predicted molar refractivity (Wildman–Crippen MR) is 91.3 cm³/mol. The molecule has 5 heteroatoms. The van der Waals surface area contributed by atoms with Crippen LogP contribution in [0.25, 0.3) is 0 Å². The maximum Gasteiger partial charge on any atom is 0.255 e. The van der Waals surface area contributed by atoms with Crippen LogP contribution in [-0.4, -0.2) is 13.0 Å². The highest BCUT2D eigenvalue weighted by Crippen LogP contribution is 2.26. The standard InChI is InChI=1S/C17H15Cl2NO2/c1-3-4-11-9-12(5-8-16(11)22-2)17(21)20-15-7-6-13(18)10-14(15)19/h3,5-10H,1,4H2,2H3,(H,20,21). The molecule has 3 nitrogen and oxygen atoms in total. The Morgan fingerprint density at radius 3 is 2.68 bits per heavy atom. The molecule has 0 saturated carbocycles. The fourth-order valence-electron chi connectivity index (χ4n) is 2.02. The molecule has 0 aromatic heterocycles. The van der Waals surface area contributed by atoms with Gasteiger partial charge >= 0.3 is 0 Å². The summed E-state index contributed by atoms with van der Waals surface area (Å²) >= 11 is 11.9. The molecular weight excluding hydrogens is 321 g/mol. The number of methoxy groups -OCH3 is 1. The molecule has 114 valence electrons. The molecule has 2 aromatic carbocycles. The molecule has 0 fully saturated rings. The second-order valence-electron chi connectivity index (χ2n) is 4.60. The number of amides is 1. The number of allylic oxidation sites excluding steroid dienone is 1. The summed E-state index contributed by atoms with van der Waals surface area (Å²) in [7, 11) is 1.59. The normalized spacial score (nSPS) is 10.1. The van der Waals surface area contributed by atoms with Gasteiger partial charge in [-0.25, -0.2) is 0 Å². The minimum atomic E-state index is -0.253. The first-order valence-corrected chi connectivity index (χ1v) is 7.35. The van der Waals surface area contributed by atoms with Crippen molar-refractivity contribution in [2.24, 2.45) is 0 Å².